The second-order valence-corrected chi connectivity index (χ2v) is 4.51. The van der Waals surface area contributed by atoms with Crippen LogP contribution in [0.2, 0.25) is 10.0 Å². The van der Waals surface area contributed by atoms with Crippen LogP contribution >= 0.6 is 23.2 Å². The van der Waals surface area contributed by atoms with Gasteiger partial charge in [-0.05, 0) is 18.2 Å². The van der Waals surface area contributed by atoms with Crippen LogP contribution in [0.15, 0.2) is 30.1 Å². The molecule has 1 aromatic carbocycles. The lowest BCUT2D eigenvalue weighted by Gasteiger charge is -2.14. The highest BCUT2D eigenvalue weighted by Crippen LogP contribution is 2.25. The molecule has 2 N–H and O–H groups in total. The standard InChI is InChI=1S/C11H11Cl2N3O/c1-16-6-14-5-10(16)11(17)15-9-3-2-7(12)4-8(9)13/h2-5,14H,6H2,1H3,(H,15,17). The van der Waals surface area contributed by atoms with E-state index in [9.17, 15) is 4.79 Å². The summed E-state index contributed by atoms with van der Waals surface area (Å²) in [6.45, 7) is 0.622. The Morgan fingerprint density at radius 1 is 1.47 bits per heavy atom. The van der Waals surface area contributed by atoms with Crippen LogP contribution in [0.1, 0.15) is 0 Å². The van der Waals surface area contributed by atoms with E-state index in [0.717, 1.165) is 0 Å². The summed E-state index contributed by atoms with van der Waals surface area (Å²) in [5.74, 6) is -0.207. The number of halogens is 2. The van der Waals surface area contributed by atoms with Gasteiger partial charge in [0.1, 0.15) is 5.70 Å². The number of likely N-dealkylation sites (N-methyl/N-ethyl adjacent to an activating group) is 1. The van der Waals surface area contributed by atoms with Gasteiger partial charge in [-0.2, -0.15) is 0 Å². The molecule has 0 fully saturated rings. The molecule has 1 heterocycles. The van der Waals surface area contributed by atoms with Crippen molar-refractivity contribution in [1.29, 1.82) is 0 Å². The Kier molecular flexibility index (Phi) is 3.45. The van der Waals surface area contributed by atoms with Crippen LogP contribution in [0.3, 0.4) is 0 Å². The number of amides is 1. The molecule has 0 saturated heterocycles. The largest absolute Gasteiger partial charge is 0.372 e. The van der Waals surface area contributed by atoms with Gasteiger partial charge in [0.05, 0.1) is 17.4 Å². The highest BCUT2D eigenvalue weighted by Gasteiger charge is 2.18. The van der Waals surface area contributed by atoms with Crippen molar-refractivity contribution in [3.05, 3.63) is 40.1 Å². The highest BCUT2D eigenvalue weighted by molar-refractivity contribution is 6.36. The van der Waals surface area contributed by atoms with Gasteiger partial charge < -0.3 is 15.5 Å². The van der Waals surface area contributed by atoms with Crippen molar-refractivity contribution >= 4 is 34.8 Å². The first-order valence-electron chi connectivity index (χ1n) is 4.99. The first-order valence-corrected chi connectivity index (χ1v) is 5.74. The quantitative estimate of drug-likeness (QED) is 0.868. The smallest absolute Gasteiger partial charge is 0.273 e. The first-order chi connectivity index (χ1) is 8.08. The number of hydrogen-bond acceptors (Lipinski definition) is 3. The number of carbonyl (C=O) groups is 1. The van der Waals surface area contributed by atoms with Gasteiger partial charge in [0, 0.05) is 18.3 Å². The zero-order chi connectivity index (χ0) is 12.4. The summed E-state index contributed by atoms with van der Waals surface area (Å²) in [6, 6.07) is 4.93. The molecule has 0 aliphatic carbocycles. The summed E-state index contributed by atoms with van der Waals surface area (Å²) in [7, 11) is 1.83. The molecule has 6 heteroatoms. The van der Waals surface area contributed by atoms with E-state index in [4.69, 9.17) is 23.2 Å². The summed E-state index contributed by atoms with van der Waals surface area (Å²) in [5.41, 5.74) is 1.11. The number of nitrogens with one attached hydrogen (secondary N) is 2. The van der Waals surface area contributed by atoms with Crippen molar-refractivity contribution < 1.29 is 4.79 Å². The molecule has 0 unspecified atom stereocenters. The maximum Gasteiger partial charge on any atom is 0.273 e. The van der Waals surface area contributed by atoms with Gasteiger partial charge in [-0.1, -0.05) is 23.2 Å². The van der Waals surface area contributed by atoms with Crippen LogP contribution in [-0.2, 0) is 4.79 Å². The predicted molar refractivity (Wildman–Crippen MR) is 68.9 cm³/mol. The summed E-state index contributed by atoms with van der Waals surface area (Å²) >= 11 is 11.7. The fraction of sp³-hybridized carbons (Fsp3) is 0.182. The Morgan fingerprint density at radius 3 is 2.82 bits per heavy atom. The third kappa shape index (κ3) is 2.65. The molecule has 0 atom stereocenters. The zero-order valence-electron chi connectivity index (χ0n) is 9.13. The van der Waals surface area contributed by atoms with Crippen LogP contribution < -0.4 is 10.6 Å². The molecule has 0 aromatic heterocycles. The zero-order valence-corrected chi connectivity index (χ0v) is 10.6. The fourth-order valence-electron chi connectivity index (χ4n) is 1.49. The number of nitrogens with zero attached hydrogens (tertiary/aromatic N) is 1. The summed E-state index contributed by atoms with van der Waals surface area (Å²) in [6.07, 6.45) is 1.67. The van der Waals surface area contributed by atoms with Gasteiger partial charge in [-0.3, -0.25) is 4.79 Å². The molecule has 0 spiro atoms. The Labute approximate surface area is 109 Å². The Morgan fingerprint density at radius 2 is 2.24 bits per heavy atom. The first kappa shape index (κ1) is 12.1. The van der Waals surface area contributed by atoms with Crippen LogP contribution in [0, 0.1) is 0 Å². The van der Waals surface area contributed by atoms with E-state index in [2.05, 4.69) is 10.6 Å². The second-order valence-electron chi connectivity index (χ2n) is 3.67. The predicted octanol–water partition coefficient (Wildman–Crippen LogP) is 2.27. The highest BCUT2D eigenvalue weighted by atomic mass is 35.5. The lowest BCUT2D eigenvalue weighted by Crippen LogP contribution is -2.26. The van der Waals surface area contributed by atoms with Gasteiger partial charge in [0.25, 0.3) is 5.91 Å². The molecule has 2 rings (SSSR count). The molecular formula is C11H11Cl2N3O. The van der Waals surface area contributed by atoms with Crippen LogP contribution in [0.25, 0.3) is 0 Å². The lowest BCUT2D eigenvalue weighted by atomic mass is 10.3. The van der Waals surface area contributed by atoms with E-state index in [0.29, 0.717) is 28.1 Å². The minimum atomic E-state index is -0.207. The van der Waals surface area contributed by atoms with Gasteiger partial charge in [-0.25, -0.2) is 0 Å². The van der Waals surface area contributed by atoms with Crippen molar-refractivity contribution in [2.75, 3.05) is 19.0 Å². The summed E-state index contributed by atoms with van der Waals surface area (Å²) in [4.78, 5) is 13.7. The van der Waals surface area contributed by atoms with E-state index in [1.54, 1.807) is 29.3 Å². The molecular weight excluding hydrogens is 261 g/mol. The number of carbonyl (C=O) groups excluding carboxylic acids is 1. The maximum absolute atomic E-state index is 11.9. The Balaban J connectivity index is 2.13. The SMILES string of the molecule is CN1CNC=C1C(=O)Nc1ccc(Cl)cc1Cl. The van der Waals surface area contributed by atoms with Crippen molar-refractivity contribution in [3.8, 4) is 0 Å². The summed E-state index contributed by atoms with van der Waals surface area (Å²) in [5, 5.41) is 6.64. The average molecular weight is 272 g/mol. The number of hydrogen-bond donors (Lipinski definition) is 2. The van der Waals surface area contributed by atoms with Gasteiger partial charge in [0.2, 0.25) is 0 Å². The Hall–Kier alpha value is -1.39. The van der Waals surface area contributed by atoms with E-state index >= 15 is 0 Å². The molecule has 1 amide bonds. The maximum atomic E-state index is 11.9. The topological polar surface area (TPSA) is 44.4 Å². The minimum absolute atomic E-state index is 0.207. The molecule has 1 aliphatic rings. The number of rotatable bonds is 2. The van der Waals surface area contributed by atoms with E-state index in [1.165, 1.54) is 0 Å². The monoisotopic (exact) mass is 271 g/mol. The molecule has 17 heavy (non-hydrogen) atoms. The van der Waals surface area contributed by atoms with Crippen LogP contribution in [0.5, 0.6) is 0 Å². The third-order valence-electron chi connectivity index (χ3n) is 2.39. The van der Waals surface area contributed by atoms with Crippen molar-refractivity contribution in [2.45, 2.75) is 0 Å². The average Bonchev–Trinajstić information content (AvgIpc) is 2.68. The second kappa shape index (κ2) is 4.85. The molecule has 0 radical (unpaired) electrons. The van der Waals surface area contributed by atoms with Crippen molar-refractivity contribution in [3.63, 3.8) is 0 Å². The van der Waals surface area contributed by atoms with E-state index < -0.39 is 0 Å². The van der Waals surface area contributed by atoms with E-state index in [1.807, 2.05) is 7.05 Å². The lowest BCUT2D eigenvalue weighted by molar-refractivity contribution is -0.114. The molecule has 4 nitrogen and oxygen atoms in total. The van der Waals surface area contributed by atoms with Gasteiger partial charge in [-0.15, -0.1) is 0 Å². The molecule has 1 aromatic rings. The van der Waals surface area contributed by atoms with Crippen LogP contribution in [0.4, 0.5) is 5.69 Å². The van der Waals surface area contributed by atoms with Gasteiger partial charge >= 0.3 is 0 Å². The fourth-order valence-corrected chi connectivity index (χ4v) is 1.95. The van der Waals surface area contributed by atoms with Crippen molar-refractivity contribution in [2.24, 2.45) is 0 Å². The molecule has 1 aliphatic heterocycles. The normalized spacial score (nSPS) is 14.3. The summed E-state index contributed by atoms with van der Waals surface area (Å²) < 4.78 is 0. The van der Waals surface area contributed by atoms with Crippen LogP contribution in [-0.4, -0.2) is 24.5 Å². The minimum Gasteiger partial charge on any atom is -0.372 e. The van der Waals surface area contributed by atoms with E-state index in [-0.39, 0.29) is 5.91 Å². The number of benzene rings is 1. The Bertz CT molecular complexity index is 488. The molecule has 0 saturated carbocycles. The number of anilines is 1. The molecule has 0 bridgehead atoms. The van der Waals surface area contributed by atoms with Gasteiger partial charge in [0.15, 0.2) is 0 Å². The molecule has 90 valence electrons. The van der Waals surface area contributed by atoms with Crippen molar-refractivity contribution in [1.82, 2.24) is 10.2 Å². The third-order valence-corrected chi connectivity index (χ3v) is 2.94.